The molecule has 1 N–H and O–H groups in total. The zero-order chi connectivity index (χ0) is 60.0. The van der Waals surface area contributed by atoms with Gasteiger partial charge in [-0.25, -0.2) is 0 Å². The van der Waals surface area contributed by atoms with Gasteiger partial charge < -0.3 is 28.5 Å². The van der Waals surface area contributed by atoms with E-state index in [1.165, 1.54) is 96.3 Å². The molecule has 1 amide bonds. The van der Waals surface area contributed by atoms with Gasteiger partial charge in [-0.2, -0.15) is 0 Å². The van der Waals surface area contributed by atoms with Crippen molar-refractivity contribution >= 4 is 19.7 Å². The van der Waals surface area contributed by atoms with E-state index < -0.39 is 32.5 Å². The second-order valence-electron chi connectivity index (χ2n) is 22.9. The van der Waals surface area contributed by atoms with Crippen LogP contribution in [0.1, 0.15) is 258 Å². The van der Waals surface area contributed by atoms with Gasteiger partial charge >= 0.3 is 5.97 Å². The largest absolute Gasteiger partial charge is 0.756 e. The van der Waals surface area contributed by atoms with Crippen LogP contribution in [0.4, 0.5) is 0 Å². The second kappa shape index (κ2) is 60.3. The summed E-state index contributed by atoms with van der Waals surface area (Å²) < 4.78 is 30.3. The number of rotatable bonds is 58. The summed E-state index contributed by atoms with van der Waals surface area (Å²) in [7, 11) is 1.14. The summed E-state index contributed by atoms with van der Waals surface area (Å²) in [5, 5.41) is 3.02. The molecule has 3 unspecified atom stereocenters. The monoisotopic (exact) mass is 1160 g/mol. The zero-order valence-corrected chi connectivity index (χ0v) is 54.3. The molecule has 0 rings (SSSR count). The molecular formula is C72H123N2O7P. The van der Waals surface area contributed by atoms with Crippen LogP contribution >= 0.6 is 7.82 Å². The average molecular weight is 1160 g/mol. The summed E-state index contributed by atoms with van der Waals surface area (Å²) in [4.78, 5) is 40.0. The van der Waals surface area contributed by atoms with Crippen molar-refractivity contribution < 1.29 is 37.3 Å². The molecule has 0 spiro atoms. The molecule has 0 aromatic heterocycles. The smallest absolute Gasteiger partial charge is 0.306 e. The maximum atomic E-state index is 13.6. The normalized spacial score (nSPS) is 14.5. The van der Waals surface area contributed by atoms with E-state index in [1.54, 1.807) is 0 Å². The standard InChI is InChI=1S/C72H123N2O7P/c1-7-10-13-16-19-22-25-28-30-32-33-34-35-36-37-38-39-40-41-43-44-46-49-52-55-58-61-64-71(75)73-69(68-80-82(77,78)79-67-66-74(4,5)6)70(63-60-57-54-51-48-27-24-21-18-15-12-9-3)81-72(76)65-62-59-56-53-50-47-45-42-31-29-26-23-20-17-14-11-8-2/h10-11,13-14,19-20,22-23,28-31,33-34,36-37,45,47,53,56,60,63,69-70H,7-9,12,15-18,21,24-27,32,35,38-44,46,48-52,54-55,57-59,61-62,64-68H2,1-6H3,(H-,73,75,77,78)/b13-10-,14-11-,22-19-,23-20-,30-28-,31-29-,34-33-,37-36-,47-45-,56-53-,63-60-. The predicted molar refractivity (Wildman–Crippen MR) is 353 cm³/mol. The third-order valence-corrected chi connectivity index (χ3v) is 14.8. The van der Waals surface area contributed by atoms with E-state index in [9.17, 15) is 19.0 Å². The van der Waals surface area contributed by atoms with Crippen molar-refractivity contribution in [3.05, 3.63) is 134 Å². The summed E-state index contributed by atoms with van der Waals surface area (Å²) in [6, 6.07) is -0.922. The Morgan fingerprint density at radius 3 is 1.20 bits per heavy atom. The van der Waals surface area contributed by atoms with Crippen molar-refractivity contribution in [3.8, 4) is 0 Å². The van der Waals surface area contributed by atoms with Gasteiger partial charge in [0.1, 0.15) is 19.3 Å². The van der Waals surface area contributed by atoms with Crippen LogP contribution in [-0.4, -0.2) is 69.4 Å². The fraction of sp³-hybridized carbons (Fsp3) is 0.667. The van der Waals surface area contributed by atoms with Crippen LogP contribution in [-0.2, 0) is 27.9 Å². The van der Waals surface area contributed by atoms with E-state index >= 15 is 0 Å². The molecule has 9 nitrogen and oxygen atoms in total. The fourth-order valence-corrected chi connectivity index (χ4v) is 9.54. The van der Waals surface area contributed by atoms with Crippen molar-refractivity contribution in [2.45, 2.75) is 270 Å². The van der Waals surface area contributed by atoms with Gasteiger partial charge in [-0.3, -0.25) is 14.2 Å². The maximum absolute atomic E-state index is 13.6. The molecule has 82 heavy (non-hydrogen) atoms. The van der Waals surface area contributed by atoms with E-state index in [4.69, 9.17) is 13.8 Å². The third-order valence-electron chi connectivity index (χ3n) is 13.8. The topological polar surface area (TPSA) is 114 Å². The van der Waals surface area contributed by atoms with Crippen molar-refractivity contribution in [2.24, 2.45) is 0 Å². The van der Waals surface area contributed by atoms with Gasteiger partial charge in [0, 0.05) is 12.8 Å². The number of likely N-dealkylation sites (N-methyl/N-ethyl adjacent to an activating group) is 1. The Kier molecular flexibility index (Phi) is 57.4. The second-order valence-corrected chi connectivity index (χ2v) is 24.3. The van der Waals surface area contributed by atoms with Crippen LogP contribution in [0, 0.1) is 0 Å². The molecule has 0 aromatic carbocycles. The molecule has 468 valence electrons. The van der Waals surface area contributed by atoms with Crippen molar-refractivity contribution in [3.63, 3.8) is 0 Å². The molecule has 0 radical (unpaired) electrons. The minimum absolute atomic E-state index is 0.0383. The summed E-state index contributed by atoms with van der Waals surface area (Å²) in [6.45, 7) is 6.57. The van der Waals surface area contributed by atoms with Gasteiger partial charge in [-0.15, -0.1) is 0 Å². The number of esters is 1. The number of allylic oxidation sites excluding steroid dienone is 21. The maximum Gasteiger partial charge on any atom is 0.306 e. The van der Waals surface area contributed by atoms with Crippen molar-refractivity contribution in [1.29, 1.82) is 0 Å². The summed E-state index contributed by atoms with van der Waals surface area (Å²) in [6.07, 6.45) is 85.8. The van der Waals surface area contributed by atoms with Gasteiger partial charge in [0.05, 0.1) is 33.8 Å². The number of phosphoric acid groups is 1. The Bertz CT molecular complexity index is 1860. The minimum Gasteiger partial charge on any atom is -0.756 e. The summed E-state index contributed by atoms with van der Waals surface area (Å²) in [5.41, 5.74) is 0. The van der Waals surface area contributed by atoms with Crippen LogP contribution in [0.3, 0.4) is 0 Å². The highest BCUT2D eigenvalue weighted by molar-refractivity contribution is 7.45. The van der Waals surface area contributed by atoms with Crippen LogP contribution in [0.2, 0.25) is 0 Å². The number of phosphoric ester groups is 1. The molecule has 3 atom stereocenters. The number of hydrogen-bond donors (Lipinski definition) is 1. The molecule has 0 fully saturated rings. The quantitative estimate of drug-likeness (QED) is 0.0212. The van der Waals surface area contributed by atoms with Crippen LogP contribution < -0.4 is 10.2 Å². The number of carbonyl (C=O) groups is 2. The first-order chi connectivity index (χ1) is 39.9. The highest BCUT2D eigenvalue weighted by atomic mass is 31.2. The van der Waals surface area contributed by atoms with Gasteiger partial charge in [0.2, 0.25) is 5.91 Å². The number of unbranched alkanes of at least 4 members (excludes halogenated alkanes) is 22. The Morgan fingerprint density at radius 1 is 0.439 bits per heavy atom. The number of amides is 1. The van der Waals surface area contributed by atoms with Crippen LogP contribution in [0.15, 0.2) is 134 Å². The SMILES string of the molecule is CC/C=C\C/C=C\C/C=C\C/C=C\C/C=C\CCCCCCCCCCCCCC(=O)NC(COP(=O)([O-])OCC[N+](C)(C)C)C(/C=C\CCCCCCCCCCCC)OC(=O)CCC/C=C\C/C=C\C/C=C\C/C=C\C/C=C\CC. The molecule has 0 bridgehead atoms. The molecule has 0 aromatic rings. The average Bonchev–Trinajstić information content (AvgIpc) is 3.47. The lowest BCUT2D eigenvalue weighted by atomic mass is 10.0. The lowest BCUT2D eigenvalue weighted by Gasteiger charge is -2.30. The first kappa shape index (κ1) is 78.1. The van der Waals surface area contributed by atoms with Crippen molar-refractivity contribution in [2.75, 3.05) is 40.9 Å². The highest BCUT2D eigenvalue weighted by Crippen LogP contribution is 2.38. The molecule has 10 heteroatoms. The summed E-state index contributed by atoms with van der Waals surface area (Å²) in [5.74, 6) is -0.619. The number of ether oxygens (including phenoxy) is 1. The number of nitrogens with one attached hydrogen (secondary N) is 1. The van der Waals surface area contributed by atoms with Gasteiger partial charge in [0.25, 0.3) is 7.82 Å². The highest BCUT2D eigenvalue weighted by Gasteiger charge is 2.27. The molecule has 0 aliphatic heterocycles. The first-order valence-electron chi connectivity index (χ1n) is 33.0. The number of hydrogen-bond acceptors (Lipinski definition) is 7. The van der Waals surface area contributed by atoms with E-state index in [1.807, 2.05) is 33.3 Å². The van der Waals surface area contributed by atoms with Crippen molar-refractivity contribution in [1.82, 2.24) is 5.32 Å². The Hall–Kier alpha value is -3.85. The Morgan fingerprint density at radius 2 is 0.793 bits per heavy atom. The molecule has 0 saturated carbocycles. The number of quaternary nitrogens is 1. The molecule has 0 aliphatic rings. The van der Waals surface area contributed by atoms with Crippen LogP contribution in [0.5, 0.6) is 0 Å². The van der Waals surface area contributed by atoms with Gasteiger partial charge in [-0.1, -0.05) is 264 Å². The predicted octanol–water partition coefficient (Wildman–Crippen LogP) is 20.2. The number of nitrogens with zero attached hydrogens (tertiary/aromatic N) is 1. The van der Waals surface area contributed by atoms with Gasteiger partial charge in [0.15, 0.2) is 0 Å². The molecular weight excluding hydrogens is 1040 g/mol. The van der Waals surface area contributed by atoms with E-state index in [0.717, 1.165) is 122 Å². The van der Waals surface area contributed by atoms with Crippen LogP contribution in [0.25, 0.3) is 0 Å². The lowest BCUT2D eigenvalue weighted by molar-refractivity contribution is -0.870. The molecule has 0 heterocycles. The zero-order valence-electron chi connectivity index (χ0n) is 53.4. The molecule has 0 aliphatic carbocycles. The first-order valence-corrected chi connectivity index (χ1v) is 34.5. The Labute approximate surface area is 505 Å². The van der Waals surface area contributed by atoms with E-state index in [-0.39, 0.29) is 18.9 Å². The lowest BCUT2D eigenvalue weighted by Crippen LogP contribution is -2.47. The minimum atomic E-state index is -4.72. The van der Waals surface area contributed by atoms with E-state index in [2.05, 4.69) is 148 Å². The summed E-state index contributed by atoms with van der Waals surface area (Å²) >= 11 is 0. The molecule has 0 saturated heterocycles. The Balaban J connectivity index is 5.18. The fourth-order valence-electron chi connectivity index (χ4n) is 8.82. The number of carbonyl (C=O) groups excluding carboxylic acids is 2. The van der Waals surface area contributed by atoms with E-state index in [0.29, 0.717) is 23.9 Å². The third kappa shape index (κ3) is 60.7. The van der Waals surface area contributed by atoms with Gasteiger partial charge in [-0.05, 0) is 115 Å².